The third kappa shape index (κ3) is 3.75. The zero-order valence-electron chi connectivity index (χ0n) is 12.9. The molecule has 0 aliphatic heterocycles. The lowest BCUT2D eigenvalue weighted by atomic mass is 10.1. The van der Waals surface area contributed by atoms with E-state index in [2.05, 4.69) is 12.2 Å². The molecule has 112 valence electrons. The van der Waals surface area contributed by atoms with E-state index in [9.17, 15) is 4.79 Å². The summed E-state index contributed by atoms with van der Waals surface area (Å²) in [5.74, 6) is 0.721. The first-order chi connectivity index (χ1) is 10.2. The first-order valence-electron chi connectivity index (χ1n) is 7.60. The van der Waals surface area contributed by atoms with Gasteiger partial charge in [-0.05, 0) is 31.2 Å². The van der Waals surface area contributed by atoms with Crippen LogP contribution in [0.2, 0.25) is 0 Å². The molecule has 2 rings (SSSR count). The SMILES string of the molecule is CCC(C)NC(=O)C(CC)Oc1cccc2ccccc12. The topological polar surface area (TPSA) is 38.3 Å². The number of nitrogens with one attached hydrogen (secondary N) is 1. The molecule has 3 heteroatoms. The van der Waals surface area contributed by atoms with Crippen LogP contribution in [0.25, 0.3) is 10.8 Å². The van der Waals surface area contributed by atoms with E-state index >= 15 is 0 Å². The van der Waals surface area contributed by atoms with Crippen molar-refractivity contribution in [1.82, 2.24) is 5.32 Å². The number of hydrogen-bond acceptors (Lipinski definition) is 2. The van der Waals surface area contributed by atoms with Gasteiger partial charge < -0.3 is 10.1 Å². The van der Waals surface area contributed by atoms with Crippen LogP contribution in [0.5, 0.6) is 5.75 Å². The van der Waals surface area contributed by atoms with Gasteiger partial charge in [-0.3, -0.25) is 4.79 Å². The minimum atomic E-state index is -0.454. The van der Waals surface area contributed by atoms with E-state index in [4.69, 9.17) is 4.74 Å². The molecule has 2 aromatic rings. The summed E-state index contributed by atoms with van der Waals surface area (Å²) in [5.41, 5.74) is 0. The van der Waals surface area contributed by atoms with E-state index in [1.807, 2.05) is 56.3 Å². The predicted octanol–water partition coefficient (Wildman–Crippen LogP) is 3.91. The minimum absolute atomic E-state index is 0.0419. The number of carbonyl (C=O) groups is 1. The minimum Gasteiger partial charge on any atom is -0.480 e. The Morgan fingerprint density at radius 1 is 1.10 bits per heavy atom. The normalized spacial score (nSPS) is 13.7. The van der Waals surface area contributed by atoms with Gasteiger partial charge in [-0.15, -0.1) is 0 Å². The van der Waals surface area contributed by atoms with E-state index in [0.717, 1.165) is 22.9 Å². The number of hydrogen-bond donors (Lipinski definition) is 1. The molecular weight excluding hydrogens is 262 g/mol. The third-order valence-corrected chi connectivity index (χ3v) is 3.68. The van der Waals surface area contributed by atoms with Gasteiger partial charge in [0.2, 0.25) is 0 Å². The fourth-order valence-corrected chi connectivity index (χ4v) is 2.21. The summed E-state index contributed by atoms with van der Waals surface area (Å²) in [6.45, 7) is 6.02. The number of benzene rings is 2. The van der Waals surface area contributed by atoms with Crippen LogP contribution in [-0.4, -0.2) is 18.1 Å². The lowest BCUT2D eigenvalue weighted by Crippen LogP contribution is -2.42. The average molecular weight is 285 g/mol. The summed E-state index contributed by atoms with van der Waals surface area (Å²) in [6, 6.07) is 14.1. The van der Waals surface area contributed by atoms with Gasteiger partial charge in [0.15, 0.2) is 6.10 Å². The summed E-state index contributed by atoms with van der Waals surface area (Å²) in [7, 11) is 0. The van der Waals surface area contributed by atoms with Gasteiger partial charge in [-0.1, -0.05) is 50.2 Å². The molecule has 0 heterocycles. The number of carbonyl (C=O) groups excluding carboxylic acids is 1. The second-order valence-electron chi connectivity index (χ2n) is 5.31. The van der Waals surface area contributed by atoms with Gasteiger partial charge in [0, 0.05) is 11.4 Å². The molecule has 0 spiro atoms. The molecule has 0 aromatic heterocycles. The highest BCUT2D eigenvalue weighted by molar-refractivity contribution is 5.89. The molecule has 0 aliphatic carbocycles. The maximum atomic E-state index is 12.2. The number of ether oxygens (including phenoxy) is 1. The molecule has 0 saturated carbocycles. The third-order valence-electron chi connectivity index (χ3n) is 3.68. The van der Waals surface area contributed by atoms with Crippen LogP contribution >= 0.6 is 0 Å². The molecule has 0 saturated heterocycles. The Kier molecular flexibility index (Phi) is 5.20. The standard InChI is InChI=1S/C18H23NO2/c1-4-13(3)19-18(20)16(5-2)21-17-12-8-10-14-9-6-7-11-15(14)17/h6-13,16H,4-5H2,1-3H3,(H,19,20). The summed E-state index contributed by atoms with van der Waals surface area (Å²) in [6.07, 6.45) is 1.10. The molecule has 2 aromatic carbocycles. The molecule has 1 N–H and O–H groups in total. The zero-order chi connectivity index (χ0) is 15.2. The van der Waals surface area contributed by atoms with Gasteiger partial charge in [0.05, 0.1) is 0 Å². The van der Waals surface area contributed by atoms with E-state index in [1.165, 1.54) is 0 Å². The van der Waals surface area contributed by atoms with Crippen molar-refractivity contribution in [1.29, 1.82) is 0 Å². The molecule has 2 atom stereocenters. The van der Waals surface area contributed by atoms with Crippen LogP contribution < -0.4 is 10.1 Å². The van der Waals surface area contributed by atoms with Gasteiger partial charge in [0.25, 0.3) is 5.91 Å². The molecule has 21 heavy (non-hydrogen) atoms. The van der Waals surface area contributed by atoms with Crippen molar-refractivity contribution in [2.75, 3.05) is 0 Å². The van der Waals surface area contributed by atoms with Crippen molar-refractivity contribution in [3.8, 4) is 5.75 Å². The van der Waals surface area contributed by atoms with E-state index in [0.29, 0.717) is 6.42 Å². The van der Waals surface area contributed by atoms with Gasteiger partial charge in [-0.25, -0.2) is 0 Å². The van der Waals surface area contributed by atoms with Crippen molar-refractivity contribution in [3.05, 3.63) is 42.5 Å². The Morgan fingerprint density at radius 3 is 2.52 bits per heavy atom. The Bertz CT molecular complexity index is 604. The Balaban J connectivity index is 2.19. The van der Waals surface area contributed by atoms with Crippen LogP contribution in [-0.2, 0) is 4.79 Å². The first kappa shape index (κ1) is 15.4. The fourth-order valence-electron chi connectivity index (χ4n) is 2.21. The van der Waals surface area contributed by atoms with Crippen molar-refractivity contribution in [2.24, 2.45) is 0 Å². The van der Waals surface area contributed by atoms with Crippen LogP contribution in [0.3, 0.4) is 0 Å². The highest BCUT2D eigenvalue weighted by Gasteiger charge is 2.20. The number of rotatable bonds is 6. The molecule has 3 nitrogen and oxygen atoms in total. The fraction of sp³-hybridized carbons (Fsp3) is 0.389. The Labute approximate surface area is 126 Å². The summed E-state index contributed by atoms with van der Waals surface area (Å²) < 4.78 is 5.97. The first-order valence-corrected chi connectivity index (χ1v) is 7.60. The highest BCUT2D eigenvalue weighted by atomic mass is 16.5. The molecule has 2 unspecified atom stereocenters. The van der Waals surface area contributed by atoms with Crippen LogP contribution in [0.15, 0.2) is 42.5 Å². The van der Waals surface area contributed by atoms with Gasteiger partial charge in [0.1, 0.15) is 5.75 Å². The highest BCUT2D eigenvalue weighted by Crippen LogP contribution is 2.26. The molecule has 1 amide bonds. The molecular formula is C18H23NO2. The molecule has 0 fully saturated rings. The Hall–Kier alpha value is -2.03. The van der Waals surface area contributed by atoms with Crippen molar-refractivity contribution < 1.29 is 9.53 Å². The second-order valence-corrected chi connectivity index (χ2v) is 5.31. The quantitative estimate of drug-likeness (QED) is 0.873. The van der Waals surface area contributed by atoms with Crippen LogP contribution in [0.1, 0.15) is 33.6 Å². The maximum absolute atomic E-state index is 12.2. The van der Waals surface area contributed by atoms with Gasteiger partial charge in [-0.2, -0.15) is 0 Å². The maximum Gasteiger partial charge on any atom is 0.261 e. The predicted molar refractivity (Wildman–Crippen MR) is 86.6 cm³/mol. The molecule has 0 bridgehead atoms. The van der Waals surface area contributed by atoms with E-state index in [1.54, 1.807) is 0 Å². The zero-order valence-corrected chi connectivity index (χ0v) is 12.9. The lowest BCUT2D eigenvalue weighted by molar-refractivity contribution is -0.128. The van der Waals surface area contributed by atoms with Crippen molar-refractivity contribution in [2.45, 2.75) is 45.8 Å². The lowest BCUT2D eigenvalue weighted by Gasteiger charge is -2.20. The number of fused-ring (bicyclic) bond motifs is 1. The largest absolute Gasteiger partial charge is 0.480 e. The monoisotopic (exact) mass is 285 g/mol. The van der Waals surface area contributed by atoms with Crippen LogP contribution in [0.4, 0.5) is 0 Å². The molecule has 0 aliphatic rings. The summed E-state index contributed by atoms with van der Waals surface area (Å²) in [5, 5.41) is 5.14. The van der Waals surface area contributed by atoms with Crippen molar-refractivity contribution >= 4 is 16.7 Å². The smallest absolute Gasteiger partial charge is 0.261 e. The van der Waals surface area contributed by atoms with Gasteiger partial charge >= 0.3 is 0 Å². The summed E-state index contributed by atoms with van der Waals surface area (Å²) >= 11 is 0. The van der Waals surface area contributed by atoms with Crippen molar-refractivity contribution in [3.63, 3.8) is 0 Å². The second kappa shape index (κ2) is 7.11. The number of amides is 1. The molecule has 0 radical (unpaired) electrons. The average Bonchev–Trinajstić information content (AvgIpc) is 2.52. The van der Waals surface area contributed by atoms with E-state index < -0.39 is 6.10 Å². The Morgan fingerprint density at radius 2 is 1.81 bits per heavy atom. The summed E-state index contributed by atoms with van der Waals surface area (Å²) in [4.78, 5) is 12.2. The van der Waals surface area contributed by atoms with Crippen LogP contribution in [0, 0.1) is 0 Å². The van der Waals surface area contributed by atoms with E-state index in [-0.39, 0.29) is 11.9 Å².